The Morgan fingerprint density at radius 3 is 2.48 bits per heavy atom. The molecule has 2 aromatic carbocycles. The summed E-state index contributed by atoms with van der Waals surface area (Å²) in [6.07, 6.45) is 1.54. The Kier molecular flexibility index (Phi) is 5.27. The van der Waals surface area contributed by atoms with Crippen LogP contribution in [0.25, 0.3) is 0 Å². The summed E-state index contributed by atoms with van der Waals surface area (Å²) in [5.74, 6) is 0.897. The zero-order valence-corrected chi connectivity index (χ0v) is 16.3. The van der Waals surface area contributed by atoms with Crippen LogP contribution in [0.4, 0.5) is 11.4 Å². The van der Waals surface area contributed by atoms with E-state index in [0.29, 0.717) is 23.7 Å². The number of amides is 1. The summed E-state index contributed by atoms with van der Waals surface area (Å²) >= 11 is 0. The molecular weight excluding hydrogens is 368 g/mol. The Labute approximate surface area is 158 Å². The van der Waals surface area contributed by atoms with Gasteiger partial charge in [0.2, 0.25) is 5.91 Å². The third kappa shape index (κ3) is 3.85. The molecule has 8 heteroatoms. The van der Waals surface area contributed by atoms with Gasteiger partial charge in [-0.2, -0.15) is 0 Å². The maximum Gasteiger partial charge on any atom is 0.261 e. The Bertz CT molecular complexity index is 972. The summed E-state index contributed by atoms with van der Waals surface area (Å²) in [5.41, 5.74) is 2.00. The van der Waals surface area contributed by atoms with Crippen LogP contribution < -0.4 is 19.1 Å². The SMILES string of the molecule is COc1ccc(NS(=O)(=O)c2ccc3c(c2)CCCN3C(C)=O)cc1OC. The number of hydrogen-bond acceptors (Lipinski definition) is 5. The minimum atomic E-state index is -3.78. The van der Waals surface area contributed by atoms with E-state index in [4.69, 9.17) is 9.47 Å². The highest BCUT2D eigenvalue weighted by Crippen LogP contribution is 2.32. The van der Waals surface area contributed by atoms with E-state index < -0.39 is 10.0 Å². The summed E-state index contributed by atoms with van der Waals surface area (Å²) < 4.78 is 38.5. The molecule has 27 heavy (non-hydrogen) atoms. The van der Waals surface area contributed by atoms with Crippen LogP contribution in [0, 0.1) is 0 Å². The van der Waals surface area contributed by atoms with Crippen molar-refractivity contribution in [2.75, 3.05) is 30.4 Å². The summed E-state index contributed by atoms with van der Waals surface area (Å²) in [7, 11) is -0.779. The van der Waals surface area contributed by atoms with Crippen LogP contribution >= 0.6 is 0 Å². The minimum Gasteiger partial charge on any atom is -0.493 e. The molecule has 1 aliphatic rings. The molecule has 0 saturated heterocycles. The molecule has 0 unspecified atom stereocenters. The Morgan fingerprint density at radius 2 is 1.81 bits per heavy atom. The van der Waals surface area contributed by atoms with Crippen molar-refractivity contribution < 1.29 is 22.7 Å². The van der Waals surface area contributed by atoms with Crippen LogP contribution in [-0.4, -0.2) is 35.1 Å². The van der Waals surface area contributed by atoms with Crippen LogP contribution in [-0.2, 0) is 21.2 Å². The number of sulfonamides is 1. The second kappa shape index (κ2) is 7.48. The van der Waals surface area contributed by atoms with Gasteiger partial charge in [-0.25, -0.2) is 8.42 Å². The van der Waals surface area contributed by atoms with Crippen molar-refractivity contribution in [2.45, 2.75) is 24.7 Å². The molecule has 2 aromatic rings. The van der Waals surface area contributed by atoms with Crippen molar-refractivity contribution >= 4 is 27.3 Å². The molecule has 0 aromatic heterocycles. The minimum absolute atomic E-state index is 0.0463. The molecule has 144 valence electrons. The van der Waals surface area contributed by atoms with E-state index in [2.05, 4.69) is 4.72 Å². The highest BCUT2D eigenvalue weighted by Gasteiger charge is 2.23. The van der Waals surface area contributed by atoms with E-state index in [-0.39, 0.29) is 10.8 Å². The number of nitrogens with zero attached hydrogens (tertiary/aromatic N) is 1. The lowest BCUT2D eigenvalue weighted by Crippen LogP contribution is -2.33. The molecule has 0 fully saturated rings. The van der Waals surface area contributed by atoms with E-state index >= 15 is 0 Å². The number of methoxy groups -OCH3 is 2. The number of rotatable bonds is 5. The van der Waals surface area contributed by atoms with Crippen LogP contribution in [0.15, 0.2) is 41.3 Å². The topological polar surface area (TPSA) is 84.9 Å². The second-order valence-corrected chi connectivity index (χ2v) is 7.92. The van der Waals surface area contributed by atoms with Crippen molar-refractivity contribution in [3.05, 3.63) is 42.0 Å². The molecule has 0 aliphatic carbocycles. The number of fused-ring (bicyclic) bond motifs is 1. The number of carbonyl (C=O) groups excluding carboxylic acids is 1. The predicted molar refractivity (Wildman–Crippen MR) is 103 cm³/mol. The first-order valence-electron chi connectivity index (χ1n) is 8.51. The number of hydrogen-bond donors (Lipinski definition) is 1. The Balaban J connectivity index is 1.91. The average molecular weight is 390 g/mol. The van der Waals surface area contributed by atoms with Gasteiger partial charge in [-0.15, -0.1) is 0 Å². The summed E-state index contributed by atoms with van der Waals surface area (Å²) in [4.78, 5) is 13.6. The smallest absolute Gasteiger partial charge is 0.261 e. The second-order valence-electron chi connectivity index (χ2n) is 6.24. The monoisotopic (exact) mass is 390 g/mol. The quantitative estimate of drug-likeness (QED) is 0.849. The summed E-state index contributed by atoms with van der Waals surface area (Å²) in [6, 6.07) is 9.64. The first-order chi connectivity index (χ1) is 12.9. The number of benzene rings is 2. The maximum atomic E-state index is 12.8. The van der Waals surface area contributed by atoms with E-state index in [0.717, 1.165) is 24.1 Å². The molecule has 0 bridgehead atoms. The fourth-order valence-corrected chi connectivity index (χ4v) is 4.28. The van der Waals surface area contributed by atoms with E-state index in [1.165, 1.54) is 27.2 Å². The Hall–Kier alpha value is -2.74. The zero-order chi connectivity index (χ0) is 19.6. The molecule has 1 N–H and O–H groups in total. The van der Waals surface area contributed by atoms with Crippen LogP contribution in [0.1, 0.15) is 18.9 Å². The molecule has 0 saturated carbocycles. The fraction of sp³-hybridized carbons (Fsp3) is 0.316. The molecule has 3 rings (SSSR count). The molecule has 0 radical (unpaired) electrons. The molecule has 1 amide bonds. The molecule has 1 heterocycles. The molecule has 7 nitrogen and oxygen atoms in total. The summed E-state index contributed by atoms with van der Waals surface area (Å²) in [5, 5.41) is 0. The fourth-order valence-electron chi connectivity index (χ4n) is 3.18. The third-order valence-electron chi connectivity index (χ3n) is 4.50. The van der Waals surface area contributed by atoms with Gasteiger partial charge in [0, 0.05) is 25.2 Å². The van der Waals surface area contributed by atoms with Gasteiger partial charge in [-0.3, -0.25) is 9.52 Å². The van der Waals surface area contributed by atoms with Crippen molar-refractivity contribution in [3.63, 3.8) is 0 Å². The first kappa shape index (κ1) is 19.0. The van der Waals surface area contributed by atoms with Gasteiger partial charge in [-0.05, 0) is 48.7 Å². The largest absolute Gasteiger partial charge is 0.493 e. The first-order valence-corrected chi connectivity index (χ1v) is 10.00. The maximum absolute atomic E-state index is 12.8. The lowest BCUT2D eigenvalue weighted by molar-refractivity contribution is -0.116. The number of aryl methyl sites for hydroxylation is 1. The number of carbonyl (C=O) groups is 1. The number of nitrogens with one attached hydrogen (secondary N) is 1. The number of ether oxygens (including phenoxy) is 2. The van der Waals surface area contributed by atoms with Gasteiger partial charge in [0.1, 0.15) is 0 Å². The van der Waals surface area contributed by atoms with Gasteiger partial charge in [0.15, 0.2) is 11.5 Å². The van der Waals surface area contributed by atoms with Crippen molar-refractivity contribution in [3.8, 4) is 11.5 Å². The zero-order valence-electron chi connectivity index (χ0n) is 15.5. The predicted octanol–water partition coefficient (Wildman–Crippen LogP) is 2.80. The van der Waals surface area contributed by atoms with E-state index in [1.807, 2.05) is 0 Å². The summed E-state index contributed by atoms with van der Waals surface area (Å²) in [6.45, 7) is 2.16. The van der Waals surface area contributed by atoms with Gasteiger partial charge in [-0.1, -0.05) is 0 Å². The lowest BCUT2D eigenvalue weighted by atomic mass is 10.0. The normalized spacial score (nSPS) is 13.7. The third-order valence-corrected chi connectivity index (χ3v) is 5.87. The highest BCUT2D eigenvalue weighted by molar-refractivity contribution is 7.92. The van der Waals surface area contributed by atoms with Gasteiger partial charge >= 0.3 is 0 Å². The van der Waals surface area contributed by atoms with Crippen molar-refractivity contribution in [1.82, 2.24) is 0 Å². The van der Waals surface area contributed by atoms with Gasteiger partial charge < -0.3 is 14.4 Å². The molecule has 0 spiro atoms. The van der Waals surface area contributed by atoms with Gasteiger partial charge in [0.05, 0.1) is 24.8 Å². The van der Waals surface area contributed by atoms with Crippen molar-refractivity contribution in [2.24, 2.45) is 0 Å². The van der Waals surface area contributed by atoms with Crippen molar-refractivity contribution in [1.29, 1.82) is 0 Å². The van der Waals surface area contributed by atoms with Crippen LogP contribution in [0.2, 0.25) is 0 Å². The van der Waals surface area contributed by atoms with Crippen LogP contribution in [0.3, 0.4) is 0 Å². The standard InChI is InChI=1S/C19H22N2O5S/c1-13(22)21-10-4-5-14-11-16(7-8-17(14)21)27(23,24)20-15-6-9-18(25-2)19(12-15)26-3/h6-9,11-12,20H,4-5,10H2,1-3H3. The van der Waals surface area contributed by atoms with E-state index in [9.17, 15) is 13.2 Å². The van der Waals surface area contributed by atoms with Gasteiger partial charge in [0.25, 0.3) is 10.0 Å². The lowest BCUT2D eigenvalue weighted by Gasteiger charge is -2.28. The highest BCUT2D eigenvalue weighted by atomic mass is 32.2. The Morgan fingerprint density at radius 1 is 1.07 bits per heavy atom. The van der Waals surface area contributed by atoms with E-state index in [1.54, 1.807) is 35.2 Å². The molecule has 1 aliphatic heterocycles. The molecular formula is C19H22N2O5S. The molecule has 0 atom stereocenters. The van der Waals surface area contributed by atoms with Crippen LogP contribution in [0.5, 0.6) is 11.5 Å². The number of anilines is 2. The average Bonchev–Trinajstić information content (AvgIpc) is 2.66.